The van der Waals surface area contributed by atoms with Crippen LogP contribution < -0.4 is 5.32 Å². The molecule has 2 amide bonds. The number of alkyl halides is 1. The van der Waals surface area contributed by atoms with Gasteiger partial charge in [-0.1, -0.05) is 68.4 Å². The topological polar surface area (TPSA) is 67.2 Å². The van der Waals surface area contributed by atoms with Crippen LogP contribution in [0, 0.1) is 13.8 Å². The van der Waals surface area contributed by atoms with Crippen LogP contribution in [0.3, 0.4) is 0 Å². The third-order valence-corrected chi connectivity index (χ3v) is 6.87. The maximum Gasteiger partial charge on any atom is 0.243 e. The summed E-state index contributed by atoms with van der Waals surface area (Å²) in [6.07, 6.45) is -1.05. The third-order valence-electron chi connectivity index (χ3n) is 6.87. The summed E-state index contributed by atoms with van der Waals surface area (Å²) in [5.41, 5.74) is 4.94. The zero-order valence-electron chi connectivity index (χ0n) is 21.4. The van der Waals surface area contributed by atoms with E-state index in [4.69, 9.17) is 0 Å². The Hall–Kier alpha value is -3.48. The van der Waals surface area contributed by atoms with Crippen molar-refractivity contribution >= 4 is 11.8 Å². The number of amides is 2. The lowest BCUT2D eigenvalue weighted by Crippen LogP contribution is -2.47. The number of aryl methyl sites for hydroxylation is 3. The van der Waals surface area contributed by atoms with Crippen LogP contribution in [0.5, 0.6) is 0 Å². The van der Waals surface area contributed by atoms with E-state index >= 15 is 0 Å². The molecule has 7 heteroatoms. The molecule has 1 aromatic heterocycles. The highest BCUT2D eigenvalue weighted by Gasteiger charge is 2.40. The maximum absolute atomic E-state index is 14.5. The van der Waals surface area contributed by atoms with Gasteiger partial charge in [0.15, 0.2) is 0 Å². The number of benzene rings is 2. The van der Waals surface area contributed by atoms with E-state index in [9.17, 15) is 14.0 Å². The molecular formula is C29H35FN4O2. The molecule has 1 aliphatic rings. The maximum atomic E-state index is 14.5. The molecule has 3 atom stereocenters. The molecule has 1 aliphatic heterocycles. The molecule has 4 rings (SSSR count). The zero-order valence-corrected chi connectivity index (χ0v) is 21.4. The lowest BCUT2D eigenvalue weighted by Gasteiger charge is -2.27. The summed E-state index contributed by atoms with van der Waals surface area (Å²) in [4.78, 5) is 27.9. The summed E-state index contributed by atoms with van der Waals surface area (Å²) >= 11 is 0. The molecule has 0 aliphatic carbocycles. The highest BCUT2D eigenvalue weighted by molar-refractivity contribution is 5.89. The van der Waals surface area contributed by atoms with E-state index in [-0.39, 0.29) is 31.2 Å². The van der Waals surface area contributed by atoms with E-state index in [0.717, 1.165) is 22.5 Å². The molecule has 1 saturated heterocycles. The van der Waals surface area contributed by atoms with Crippen LogP contribution in [-0.4, -0.2) is 45.3 Å². The molecule has 2 heterocycles. The molecule has 190 valence electrons. The van der Waals surface area contributed by atoms with Gasteiger partial charge in [0.1, 0.15) is 12.2 Å². The number of hydrogen-bond acceptors (Lipinski definition) is 3. The number of rotatable bonds is 8. The van der Waals surface area contributed by atoms with Gasteiger partial charge in [0.25, 0.3) is 0 Å². The van der Waals surface area contributed by atoms with Crippen molar-refractivity contribution < 1.29 is 14.0 Å². The van der Waals surface area contributed by atoms with Gasteiger partial charge in [-0.3, -0.25) is 14.3 Å². The minimum Gasteiger partial charge on any atom is -0.343 e. The highest BCUT2D eigenvalue weighted by Crippen LogP contribution is 2.27. The van der Waals surface area contributed by atoms with Crippen molar-refractivity contribution in [3.63, 3.8) is 0 Å². The molecule has 0 saturated carbocycles. The second-order valence-corrected chi connectivity index (χ2v) is 9.97. The molecule has 0 bridgehead atoms. The van der Waals surface area contributed by atoms with Crippen LogP contribution >= 0.6 is 0 Å². The van der Waals surface area contributed by atoms with Crippen molar-refractivity contribution in [3.8, 4) is 0 Å². The standard InChI is InChI=1S/C29H35FN4O2/c1-19(2)22-10-12-24(13-11-22)28(23-8-6-5-7-9-23)31-29(36)26-17-25(30)18-33(26)27(35)14-15-34-21(4)16-20(3)32-34/h5-13,16,19,25-26,28H,14-15,17-18H2,1-4H3,(H,31,36). The molecule has 3 aromatic rings. The fraction of sp³-hybridized carbons (Fsp3) is 0.414. The first-order valence-corrected chi connectivity index (χ1v) is 12.6. The summed E-state index contributed by atoms with van der Waals surface area (Å²) in [6.45, 7) is 8.45. The van der Waals surface area contributed by atoms with Gasteiger partial charge in [-0.25, -0.2) is 4.39 Å². The number of likely N-dealkylation sites (tertiary alicyclic amines) is 1. The molecule has 3 unspecified atom stereocenters. The van der Waals surface area contributed by atoms with Crippen molar-refractivity contribution in [1.82, 2.24) is 20.0 Å². The Bertz CT molecular complexity index is 1190. The number of nitrogens with zero attached hydrogens (tertiary/aromatic N) is 3. The summed E-state index contributed by atoms with van der Waals surface area (Å²) in [5.74, 6) is -0.172. The first-order valence-electron chi connectivity index (χ1n) is 12.6. The predicted molar refractivity (Wildman–Crippen MR) is 138 cm³/mol. The van der Waals surface area contributed by atoms with Crippen LogP contribution in [-0.2, 0) is 16.1 Å². The fourth-order valence-electron chi connectivity index (χ4n) is 4.87. The molecule has 2 aromatic carbocycles. The Balaban J connectivity index is 1.51. The molecule has 1 N–H and O–H groups in total. The number of carbonyl (C=O) groups excluding carboxylic acids is 2. The van der Waals surface area contributed by atoms with Gasteiger partial charge in [0.2, 0.25) is 11.8 Å². The van der Waals surface area contributed by atoms with Crippen molar-refractivity contribution in [2.45, 2.75) is 71.3 Å². The molecule has 36 heavy (non-hydrogen) atoms. The van der Waals surface area contributed by atoms with Gasteiger partial charge in [-0.2, -0.15) is 5.10 Å². The minimum atomic E-state index is -1.22. The Morgan fingerprint density at radius 3 is 2.28 bits per heavy atom. The van der Waals surface area contributed by atoms with Crippen LogP contribution in [0.2, 0.25) is 0 Å². The minimum absolute atomic E-state index is 0.00523. The van der Waals surface area contributed by atoms with Crippen molar-refractivity contribution in [3.05, 3.63) is 88.7 Å². The highest BCUT2D eigenvalue weighted by atomic mass is 19.1. The van der Waals surface area contributed by atoms with E-state index in [0.29, 0.717) is 12.5 Å². The van der Waals surface area contributed by atoms with E-state index in [1.807, 2.05) is 62.4 Å². The van der Waals surface area contributed by atoms with Gasteiger partial charge >= 0.3 is 0 Å². The monoisotopic (exact) mass is 490 g/mol. The average Bonchev–Trinajstić information content (AvgIpc) is 3.42. The number of hydrogen-bond donors (Lipinski definition) is 1. The van der Waals surface area contributed by atoms with Gasteiger partial charge in [-0.05, 0) is 42.5 Å². The van der Waals surface area contributed by atoms with Crippen LogP contribution in [0.4, 0.5) is 4.39 Å². The van der Waals surface area contributed by atoms with Gasteiger partial charge in [0.05, 0.1) is 18.3 Å². The lowest BCUT2D eigenvalue weighted by molar-refractivity contribution is -0.138. The fourth-order valence-corrected chi connectivity index (χ4v) is 4.87. The Morgan fingerprint density at radius 1 is 1.03 bits per heavy atom. The van der Waals surface area contributed by atoms with Crippen molar-refractivity contribution in [2.24, 2.45) is 0 Å². The van der Waals surface area contributed by atoms with Gasteiger partial charge < -0.3 is 10.2 Å². The second-order valence-electron chi connectivity index (χ2n) is 9.97. The summed E-state index contributed by atoms with van der Waals surface area (Å²) in [7, 11) is 0. The number of carbonyl (C=O) groups is 2. The molecule has 0 radical (unpaired) electrons. The molecule has 1 fully saturated rings. The van der Waals surface area contributed by atoms with E-state index in [2.05, 4.69) is 36.4 Å². The van der Waals surface area contributed by atoms with Crippen molar-refractivity contribution in [2.75, 3.05) is 6.54 Å². The van der Waals surface area contributed by atoms with E-state index in [1.54, 1.807) is 4.68 Å². The Kier molecular flexibility index (Phi) is 7.87. The van der Waals surface area contributed by atoms with E-state index < -0.39 is 18.3 Å². The summed E-state index contributed by atoms with van der Waals surface area (Å²) in [5, 5.41) is 7.51. The lowest BCUT2D eigenvalue weighted by atomic mass is 9.95. The Morgan fingerprint density at radius 2 is 1.67 bits per heavy atom. The Labute approximate surface area is 212 Å². The van der Waals surface area contributed by atoms with Gasteiger partial charge in [0, 0.05) is 25.1 Å². The normalized spacial score (nSPS) is 18.4. The molecular weight excluding hydrogens is 455 g/mol. The number of aromatic nitrogens is 2. The van der Waals surface area contributed by atoms with Gasteiger partial charge in [-0.15, -0.1) is 0 Å². The average molecular weight is 491 g/mol. The molecule has 6 nitrogen and oxygen atoms in total. The first-order chi connectivity index (χ1) is 17.2. The van der Waals surface area contributed by atoms with Crippen LogP contribution in [0.25, 0.3) is 0 Å². The van der Waals surface area contributed by atoms with Crippen molar-refractivity contribution in [1.29, 1.82) is 0 Å². The van der Waals surface area contributed by atoms with E-state index in [1.165, 1.54) is 10.5 Å². The second kappa shape index (κ2) is 11.1. The summed E-state index contributed by atoms with van der Waals surface area (Å²) < 4.78 is 16.3. The predicted octanol–water partition coefficient (Wildman–Crippen LogP) is 4.86. The van der Waals surface area contributed by atoms with Crippen LogP contribution in [0.15, 0.2) is 60.7 Å². The smallest absolute Gasteiger partial charge is 0.243 e. The SMILES string of the molecule is Cc1cc(C)n(CCC(=O)N2CC(F)CC2C(=O)NC(c2ccccc2)c2ccc(C(C)C)cc2)n1. The molecule has 0 spiro atoms. The number of nitrogens with one attached hydrogen (secondary N) is 1. The third kappa shape index (κ3) is 5.83. The van der Waals surface area contributed by atoms with Crippen LogP contribution in [0.1, 0.15) is 66.7 Å². The number of halogens is 1. The largest absolute Gasteiger partial charge is 0.343 e. The quantitative estimate of drug-likeness (QED) is 0.491. The first kappa shape index (κ1) is 25.6. The zero-order chi connectivity index (χ0) is 25.8. The summed E-state index contributed by atoms with van der Waals surface area (Å²) in [6, 6.07) is 18.6.